The Balaban J connectivity index is 2.01. The summed E-state index contributed by atoms with van der Waals surface area (Å²) in [4.78, 5) is 37.5. The number of hydrogen-bond acceptors (Lipinski definition) is 5. The van der Waals surface area contributed by atoms with Crippen LogP contribution in [0.25, 0.3) is 0 Å². The smallest absolute Gasteiger partial charge is 0.431 e. The minimum atomic E-state index is -0.742. The van der Waals surface area contributed by atoms with Gasteiger partial charge in [0.1, 0.15) is 23.9 Å². The minimum absolute atomic E-state index is 0.0587. The van der Waals surface area contributed by atoms with E-state index < -0.39 is 23.0 Å². The molecule has 1 aromatic carbocycles. The van der Waals surface area contributed by atoms with Crippen LogP contribution in [0.15, 0.2) is 41.3 Å². The number of amides is 2. The van der Waals surface area contributed by atoms with Crippen molar-refractivity contribution in [2.24, 2.45) is 0 Å². The molecule has 0 fully saturated rings. The van der Waals surface area contributed by atoms with Crippen LogP contribution in [0, 0.1) is 0 Å². The molecule has 1 N–H and O–H groups in total. The lowest BCUT2D eigenvalue weighted by molar-refractivity contribution is 0.0520. The molecule has 2 heterocycles. The summed E-state index contributed by atoms with van der Waals surface area (Å²) >= 11 is 6.06. The van der Waals surface area contributed by atoms with Crippen molar-refractivity contribution in [1.82, 2.24) is 9.99 Å². The van der Waals surface area contributed by atoms with Gasteiger partial charge < -0.3 is 14.8 Å². The van der Waals surface area contributed by atoms with E-state index >= 15 is 0 Å². The van der Waals surface area contributed by atoms with Crippen molar-refractivity contribution >= 4 is 23.6 Å². The molecule has 2 aromatic rings. The Morgan fingerprint density at radius 3 is 2.54 bits per heavy atom. The lowest BCUT2D eigenvalue weighted by Gasteiger charge is -2.33. The number of benzene rings is 1. The molecule has 1 aliphatic heterocycles. The first-order chi connectivity index (χ1) is 13.2. The van der Waals surface area contributed by atoms with Crippen LogP contribution in [0.3, 0.4) is 0 Å². The average molecular weight is 406 g/mol. The molecule has 28 heavy (non-hydrogen) atoms. The zero-order valence-corrected chi connectivity index (χ0v) is 16.4. The molecule has 148 valence electrons. The molecule has 0 spiro atoms. The number of fused-ring (bicyclic) bond motifs is 1. The largest absolute Gasteiger partial charge is 0.482 e. The normalized spacial score (nSPS) is 13.6. The van der Waals surface area contributed by atoms with Crippen molar-refractivity contribution < 1.29 is 19.1 Å². The van der Waals surface area contributed by atoms with Crippen molar-refractivity contribution in [1.29, 1.82) is 0 Å². The first kappa shape index (κ1) is 19.8. The highest BCUT2D eigenvalue weighted by Gasteiger charge is 2.34. The van der Waals surface area contributed by atoms with Crippen LogP contribution in [-0.4, -0.2) is 28.9 Å². The highest BCUT2D eigenvalue weighted by molar-refractivity contribution is 6.30. The summed E-state index contributed by atoms with van der Waals surface area (Å²) in [5, 5.41) is 3.49. The molecule has 0 aliphatic carbocycles. The number of nitrogens with zero attached hydrogens (tertiary/aromatic N) is 2. The summed E-state index contributed by atoms with van der Waals surface area (Å²) in [6.07, 6.45) is 0.500. The quantitative estimate of drug-likeness (QED) is 0.847. The Morgan fingerprint density at radius 2 is 1.89 bits per heavy atom. The van der Waals surface area contributed by atoms with Gasteiger partial charge in [-0.25, -0.2) is 9.47 Å². The highest BCUT2D eigenvalue weighted by atomic mass is 35.5. The Labute approximate surface area is 166 Å². The van der Waals surface area contributed by atoms with Crippen LogP contribution >= 0.6 is 11.6 Å². The summed E-state index contributed by atoms with van der Waals surface area (Å²) < 4.78 is 12.2. The zero-order chi connectivity index (χ0) is 20.5. The Hall–Kier alpha value is -3.00. The maximum atomic E-state index is 12.5. The predicted molar refractivity (Wildman–Crippen MR) is 103 cm³/mol. The van der Waals surface area contributed by atoms with E-state index in [-0.39, 0.29) is 29.7 Å². The van der Waals surface area contributed by atoms with E-state index in [1.165, 1.54) is 10.9 Å². The Morgan fingerprint density at radius 1 is 1.21 bits per heavy atom. The molecule has 2 amide bonds. The second-order valence-electron chi connectivity index (χ2n) is 7.15. The number of carbonyl (C=O) groups excluding carboxylic acids is 2. The van der Waals surface area contributed by atoms with Crippen molar-refractivity contribution in [2.75, 3.05) is 11.7 Å². The van der Waals surface area contributed by atoms with Crippen LogP contribution in [0.1, 0.15) is 36.8 Å². The number of pyridine rings is 1. The number of halogens is 1. The highest BCUT2D eigenvalue weighted by Crippen LogP contribution is 2.22. The minimum Gasteiger partial charge on any atom is -0.482 e. The lowest BCUT2D eigenvalue weighted by Crippen LogP contribution is -2.56. The van der Waals surface area contributed by atoms with Crippen molar-refractivity contribution in [3.05, 3.63) is 63.0 Å². The van der Waals surface area contributed by atoms with Gasteiger partial charge in [0.05, 0.1) is 6.20 Å². The van der Waals surface area contributed by atoms with Gasteiger partial charge in [0.2, 0.25) is 5.43 Å². The average Bonchev–Trinajstić information content (AvgIpc) is 2.62. The van der Waals surface area contributed by atoms with E-state index in [1.807, 2.05) is 30.3 Å². The number of rotatable bonds is 3. The van der Waals surface area contributed by atoms with E-state index in [0.717, 1.165) is 10.6 Å². The van der Waals surface area contributed by atoms with Crippen molar-refractivity contribution in [3.63, 3.8) is 0 Å². The van der Waals surface area contributed by atoms with Crippen LogP contribution in [0.5, 0.6) is 5.75 Å². The second kappa shape index (κ2) is 7.55. The van der Waals surface area contributed by atoms with E-state index in [2.05, 4.69) is 5.32 Å². The molecule has 0 radical (unpaired) electrons. The molecule has 0 bridgehead atoms. The van der Waals surface area contributed by atoms with Crippen LogP contribution in [-0.2, 0) is 11.3 Å². The topological polar surface area (TPSA) is 89.9 Å². The number of nitrogens with one attached hydrogen (secondary N) is 1. The predicted octanol–water partition coefficient (Wildman–Crippen LogP) is 2.65. The molecule has 9 heteroatoms. The monoisotopic (exact) mass is 405 g/mol. The Bertz CT molecular complexity index is 966. The molecule has 0 atom stereocenters. The van der Waals surface area contributed by atoms with Gasteiger partial charge in [-0.1, -0.05) is 41.9 Å². The maximum Gasteiger partial charge on any atom is 0.431 e. The van der Waals surface area contributed by atoms with Gasteiger partial charge in [0.15, 0.2) is 11.4 Å². The molecule has 8 nitrogen and oxygen atoms in total. The number of hydrogen-bond donors (Lipinski definition) is 1. The lowest BCUT2D eigenvalue weighted by atomic mass is 10.2. The molecule has 1 aliphatic rings. The summed E-state index contributed by atoms with van der Waals surface area (Å²) in [6.45, 7) is 5.09. The first-order valence-corrected chi connectivity index (χ1v) is 8.96. The summed E-state index contributed by atoms with van der Waals surface area (Å²) in [5.74, 6) is -0.793. The fourth-order valence-electron chi connectivity index (χ4n) is 2.59. The Kier molecular flexibility index (Phi) is 5.33. The van der Waals surface area contributed by atoms with Crippen LogP contribution in [0.4, 0.5) is 4.79 Å². The van der Waals surface area contributed by atoms with Gasteiger partial charge in [0, 0.05) is 0 Å². The number of carbonyl (C=O) groups is 2. The summed E-state index contributed by atoms with van der Waals surface area (Å²) in [7, 11) is 0. The summed E-state index contributed by atoms with van der Waals surface area (Å²) in [5.41, 5.74) is -0.693. The molecule has 0 saturated carbocycles. The molecule has 0 saturated heterocycles. The molecule has 3 rings (SSSR count). The number of aromatic nitrogens is 1. The first-order valence-electron chi connectivity index (χ1n) is 8.58. The maximum absolute atomic E-state index is 12.5. The van der Waals surface area contributed by atoms with Gasteiger partial charge >= 0.3 is 6.09 Å². The fraction of sp³-hybridized carbons (Fsp3) is 0.316. The van der Waals surface area contributed by atoms with Crippen molar-refractivity contribution in [3.8, 4) is 5.75 Å². The van der Waals surface area contributed by atoms with Crippen molar-refractivity contribution in [2.45, 2.75) is 33.0 Å². The third kappa shape index (κ3) is 4.12. The SMILES string of the molecule is CC(C)(C)OC(=O)N1CNC(=O)c2c(OCc3ccccc3)c(=O)c(Cl)cn21. The molecular formula is C19H20ClN3O5. The van der Waals surface area contributed by atoms with E-state index in [0.29, 0.717) is 0 Å². The van der Waals surface area contributed by atoms with Gasteiger partial charge in [-0.2, -0.15) is 5.01 Å². The summed E-state index contributed by atoms with van der Waals surface area (Å²) in [6, 6.07) is 9.15. The third-order valence-corrected chi connectivity index (χ3v) is 4.07. The van der Waals surface area contributed by atoms with Gasteiger partial charge in [-0.3, -0.25) is 9.59 Å². The van der Waals surface area contributed by atoms with E-state index in [1.54, 1.807) is 20.8 Å². The number of ether oxygens (including phenoxy) is 2. The van der Waals surface area contributed by atoms with Crippen LogP contribution < -0.4 is 20.5 Å². The van der Waals surface area contributed by atoms with Gasteiger partial charge in [-0.15, -0.1) is 0 Å². The second-order valence-corrected chi connectivity index (χ2v) is 7.55. The standard InChI is InChI=1S/C19H20ClN3O5/c1-19(2,3)28-18(26)23-11-21-17(25)14-16(15(24)13(20)9-22(14)23)27-10-12-7-5-4-6-8-12/h4-9H,10-11H2,1-3H3,(H,21,25). The van der Waals surface area contributed by atoms with E-state index in [9.17, 15) is 14.4 Å². The fourth-order valence-corrected chi connectivity index (χ4v) is 2.76. The zero-order valence-electron chi connectivity index (χ0n) is 15.7. The molecular weight excluding hydrogens is 386 g/mol. The van der Waals surface area contributed by atoms with Crippen LogP contribution in [0.2, 0.25) is 5.02 Å². The molecule has 0 unspecified atom stereocenters. The van der Waals surface area contributed by atoms with Gasteiger partial charge in [0.25, 0.3) is 5.91 Å². The van der Waals surface area contributed by atoms with E-state index in [4.69, 9.17) is 21.1 Å². The third-order valence-electron chi connectivity index (χ3n) is 3.80. The van der Waals surface area contributed by atoms with Gasteiger partial charge in [-0.05, 0) is 26.3 Å². The molecule has 1 aromatic heterocycles.